The van der Waals surface area contributed by atoms with E-state index >= 15 is 0 Å². The number of pyridine rings is 1. The van der Waals surface area contributed by atoms with E-state index in [4.69, 9.17) is 20.1 Å². The van der Waals surface area contributed by atoms with Crippen LogP contribution in [-0.4, -0.2) is 24.6 Å². The molecule has 0 aliphatic rings. The molecule has 0 saturated heterocycles. The van der Waals surface area contributed by atoms with E-state index in [1.807, 2.05) is 108 Å². The van der Waals surface area contributed by atoms with Crippen LogP contribution in [0.25, 0.3) is 84.1 Å². The smallest absolute Gasteiger partial charge is 0.164 e. The van der Waals surface area contributed by atoms with E-state index in [9.17, 15) is 5.26 Å². The Hall–Kier alpha value is -7.23. The molecule has 51 heavy (non-hydrogen) atoms. The van der Waals surface area contributed by atoms with Crippen molar-refractivity contribution in [1.82, 2.24) is 24.6 Å². The molecule has 3 aromatic heterocycles. The molecule has 0 N–H and O–H groups in total. The second kappa shape index (κ2) is 12.7. The number of aromatic nitrogens is 5. The Balaban J connectivity index is 1.14. The topological polar surface area (TPSA) is 79.8 Å². The molecule has 0 bridgehead atoms. The van der Waals surface area contributed by atoms with Gasteiger partial charge in [0.15, 0.2) is 17.5 Å². The van der Waals surface area contributed by atoms with Gasteiger partial charge in [0, 0.05) is 33.2 Å². The van der Waals surface area contributed by atoms with Crippen molar-refractivity contribution in [3.05, 3.63) is 175 Å². The maximum absolute atomic E-state index is 9.32. The van der Waals surface area contributed by atoms with Gasteiger partial charge in [0.1, 0.15) is 0 Å². The molecule has 0 fully saturated rings. The quantitative estimate of drug-likeness (QED) is 0.179. The predicted molar refractivity (Wildman–Crippen MR) is 203 cm³/mol. The highest BCUT2D eigenvalue weighted by atomic mass is 15.2. The standard InChI is InChI=1S/C45H28N6/c46-29-30-16-18-32(19-17-30)40-28-42-39-26-37(24-25-38(39)27-41(51(42)50-40)33-10-4-1-5-11-33)31-20-22-36(23-21-31)45-48-43(34-12-6-2-7-13-34)47-44(49-45)35-14-8-3-9-15-35/h1-28H. The summed E-state index contributed by atoms with van der Waals surface area (Å²) < 4.78 is 2.04. The average Bonchev–Trinajstić information content (AvgIpc) is 3.67. The third-order valence-electron chi connectivity index (χ3n) is 9.11. The van der Waals surface area contributed by atoms with E-state index in [1.165, 1.54) is 0 Å². The summed E-state index contributed by atoms with van der Waals surface area (Å²) in [5.74, 6) is 1.90. The molecule has 238 valence electrons. The van der Waals surface area contributed by atoms with Gasteiger partial charge in [-0.2, -0.15) is 10.4 Å². The van der Waals surface area contributed by atoms with Crippen LogP contribution >= 0.6 is 0 Å². The first-order chi connectivity index (χ1) is 25.2. The van der Waals surface area contributed by atoms with Crippen molar-refractivity contribution in [1.29, 1.82) is 5.26 Å². The van der Waals surface area contributed by atoms with Crippen LogP contribution < -0.4 is 0 Å². The third kappa shape index (κ3) is 5.69. The van der Waals surface area contributed by atoms with Gasteiger partial charge in [-0.1, -0.05) is 140 Å². The van der Waals surface area contributed by atoms with Crippen LogP contribution in [0.4, 0.5) is 0 Å². The van der Waals surface area contributed by atoms with Crippen molar-refractivity contribution in [2.75, 3.05) is 0 Å². The molecule has 6 heteroatoms. The monoisotopic (exact) mass is 652 g/mol. The Morgan fingerprint density at radius 1 is 0.431 bits per heavy atom. The van der Waals surface area contributed by atoms with Crippen molar-refractivity contribution >= 4 is 16.3 Å². The van der Waals surface area contributed by atoms with Crippen LogP contribution in [0, 0.1) is 11.3 Å². The Morgan fingerprint density at radius 3 is 1.49 bits per heavy atom. The van der Waals surface area contributed by atoms with Crippen molar-refractivity contribution in [3.63, 3.8) is 0 Å². The minimum absolute atomic E-state index is 0.623. The molecule has 0 spiro atoms. The van der Waals surface area contributed by atoms with Gasteiger partial charge >= 0.3 is 0 Å². The Kier molecular flexibility index (Phi) is 7.42. The first kappa shape index (κ1) is 29.9. The number of nitriles is 1. The van der Waals surface area contributed by atoms with E-state index in [0.717, 1.165) is 66.6 Å². The third-order valence-corrected chi connectivity index (χ3v) is 9.11. The summed E-state index contributed by atoms with van der Waals surface area (Å²) in [4.78, 5) is 14.6. The molecule has 0 unspecified atom stereocenters. The summed E-state index contributed by atoms with van der Waals surface area (Å²) in [6.07, 6.45) is 0. The minimum atomic E-state index is 0.623. The molecule has 9 rings (SSSR count). The fourth-order valence-corrected chi connectivity index (χ4v) is 6.47. The van der Waals surface area contributed by atoms with Gasteiger partial charge in [-0.15, -0.1) is 0 Å². The fraction of sp³-hybridized carbons (Fsp3) is 0. The van der Waals surface area contributed by atoms with Gasteiger partial charge < -0.3 is 0 Å². The summed E-state index contributed by atoms with van der Waals surface area (Å²) in [5.41, 5.74) is 10.5. The SMILES string of the molecule is N#Cc1ccc(-c2cc3c4cc(-c5ccc(-c6nc(-c7ccccc7)nc(-c7ccccc7)n6)cc5)ccc4cc(-c4ccccc4)n3n2)cc1. The summed E-state index contributed by atoms with van der Waals surface area (Å²) in [6, 6.07) is 59.5. The molecule has 6 aromatic carbocycles. The molecule has 3 heterocycles. The van der Waals surface area contributed by atoms with Gasteiger partial charge in [0.05, 0.1) is 28.5 Å². The Labute approximate surface area is 294 Å². The van der Waals surface area contributed by atoms with Crippen LogP contribution in [-0.2, 0) is 0 Å². The number of hydrogen-bond acceptors (Lipinski definition) is 5. The summed E-state index contributed by atoms with van der Waals surface area (Å²) in [5, 5.41) is 16.6. The zero-order valence-corrected chi connectivity index (χ0v) is 27.3. The molecule has 0 aliphatic heterocycles. The van der Waals surface area contributed by atoms with Crippen LogP contribution in [0.2, 0.25) is 0 Å². The van der Waals surface area contributed by atoms with Crippen LogP contribution in [0.5, 0.6) is 0 Å². The zero-order chi connectivity index (χ0) is 34.1. The van der Waals surface area contributed by atoms with E-state index in [1.54, 1.807) is 0 Å². The predicted octanol–water partition coefficient (Wildman–Crippen LogP) is 10.5. The molecule has 0 aliphatic carbocycles. The maximum Gasteiger partial charge on any atom is 0.164 e. The molecule has 6 nitrogen and oxygen atoms in total. The van der Waals surface area contributed by atoms with E-state index < -0.39 is 0 Å². The Morgan fingerprint density at radius 2 is 0.922 bits per heavy atom. The second-order valence-electron chi connectivity index (χ2n) is 12.3. The van der Waals surface area contributed by atoms with E-state index in [0.29, 0.717) is 23.0 Å². The van der Waals surface area contributed by atoms with Crippen LogP contribution in [0.3, 0.4) is 0 Å². The lowest BCUT2D eigenvalue weighted by Crippen LogP contribution is -2.00. The summed E-state index contributed by atoms with van der Waals surface area (Å²) in [6.45, 7) is 0. The number of hydrogen-bond donors (Lipinski definition) is 0. The normalized spacial score (nSPS) is 11.1. The van der Waals surface area contributed by atoms with Gasteiger partial charge in [-0.05, 0) is 46.8 Å². The molecular weight excluding hydrogens is 625 g/mol. The molecular formula is C45H28N6. The van der Waals surface area contributed by atoms with Gasteiger partial charge in [0.2, 0.25) is 0 Å². The molecule has 0 amide bonds. The lowest BCUT2D eigenvalue weighted by atomic mass is 9.98. The van der Waals surface area contributed by atoms with Gasteiger partial charge in [0.25, 0.3) is 0 Å². The van der Waals surface area contributed by atoms with E-state index in [-0.39, 0.29) is 0 Å². The summed E-state index contributed by atoms with van der Waals surface area (Å²) in [7, 11) is 0. The van der Waals surface area contributed by atoms with Crippen molar-refractivity contribution in [3.8, 4) is 73.9 Å². The first-order valence-corrected chi connectivity index (χ1v) is 16.7. The number of fused-ring (bicyclic) bond motifs is 3. The average molecular weight is 653 g/mol. The maximum atomic E-state index is 9.32. The molecule has 0 saturated carbocycles. The molecule has 9 aromatic rings. The largest absolute Gasteiger partial charge is 0.232 e. The highest BCUT2D eigenvalue weighted by Gasteiger charge is 2.16. The Bertz CT molecular complexity index is 2660. The molecule has 0 radical (unpaired) electrons. The molecule has 0 atom stereocenters. The van der Waals surface area contributed by atoms with Crippen molar-refractivity contribution in [2.45, 2.75) is 0 Å². The van der Waals surface area contributed by atoms with Crippen LogP contribution in [0.15, 0.2) is 170 Å². The summed E-state index contributed by atoms with van der Waals surface area (Å²) >= 11 is 0. The number of rotatable bonds is 6. The first-order valence-electron chi connectivity index (χ1n) is 16.7. The second-order valence-corrected chi connectivity index (χ2v) is 12.3. The van der Waals surface area contributed by atoms with E-state index in [2.05, 4.69) is 72.8 Å². The van der Waals surface area contributed by atoms with Gasteiger partial charge in [-0.25, -0.2) is 19.5 Å². The zero-order valence-electron chi connectivity index (χ0n) is 27.3. The van der Waals surface area contributed by atoms with Crippen molar-refractivity contribution < 1.29 is 0 Å². The number of benzene rings is 6. The van der Waals surface area contributed by atoms with Crippen molar-refractivity contribution in [2.24, 2.45) is 0 Å². The lowest BCUT2D eigenvalue weighted by Gasteiger charge is -2.11. The fourth-order valence-electron chi connectivity index (χ4n) is 6.47. The lowest BCUT2D eigenvalue weighted by molar-refractivity contribution is 0.979. The van der Waals surface area contributed by atoms with Crippen LogP contribution in [0.1, 0.15) is 5.56 Å². The highest BCUT2D eigenvalue weighted by Crippen LogP contribution is 2.35. The minimum Gasteiger partial charge on any atom is -0.232 e. The van der Waals surface area contributed by atoms with Gasteiger partial charge in [-0.3, -0.25) is 0 Å². The number of nitrogens with zero attached hydrogens (tertiary/aromatic N) is 6. The highest BCUT2D eigenvalue weighted by molar-refractivity contribution is 6.01.